The summed E-state index contributed by atoms with van der Waals surface area (Å²) in [5, 5.41) is 0. The summed E-state index contributed by atoms with van der Waals surface area (Å²) >= 11 is 5.42. The molecule has 0 bridgehead atoms. The molecule has 3 nitrogen and oxygen atoms in total. The Balaban J connectivity index is 2.00. The molecule has 0 unspecified atom stereocenters. The number of aromatic amines is 1. The van der Waals surface area contributed by atoms with E-state index in [1.807, 2.05) is 35.0 Å². The molecule has 24 heavy (non-hydrogen) atoms. The van der Waals surface area contributed by atoms with Gasteiger partial charge in [-0.2, -0.15) is 0 Å². The van der Waals surface area contributed by atoms with E-state index in [0.717, 1.165) is 22.5 Å². The molecule has 2 aromatic heterocycles. The molecule has 0 spiro atoms. The minimum absolute atomic E-state index is 0.553. The van der Waals surface area contributed by atoms with Gasteiger partial charge in [0.1, 0.15) is 5.65 Å². The maximum Gasteiger partial charge on any atom is 0.205 e. The second-order valence-electron chi connectivity index (χ2n) is 6.03. The van der Waals surface area contributed by atoms with E-state index < -0.39 is 0 Å². The van der Waals surface area contributed by atoms with Crippen LogP contribution >= 0.6 is 12.2 Å². The van der Waals surface area contributed by atoms with E-state index in [1.165, 1.54) is 16.7 Å². The molecule has 4 heteroatoms. The maximum absolute atomic E-state index is 5.42. The molecule has 0 aliphatic carbocycles. The highest BCUT2D eigenvalue weighted by atomic mass is 32.1. The minimum atomic E-state index is 0.553. The lowest BCUT2D eigenvalue weighted by atomic mass is 10.0. The first-order valence-electron chi connectivity index (χ1n) is 7.87. The lowest BCUT2D eigenvalue weighted by Gasteiger charge is -2.04. The topological polar surface area (TPSA) is 33.1 Å². The van der Waals surface area contributed by atoms with E-state index in [-0.39, 0.29) is 0 Å². The van der Waals surface area contributed by atoms with Crippen molar-refractivity contribution in [3.8, 4) is 22.4 Å². The summed E-state index contributed by atoms with van der Waals surface area (Å²) in [6.45, 7) is 4.23. The second kappa shape index (κ2) is 5.73. The fourth-order valence-electron chi connectivity index (χ4n) is 3.00. The van der Waals surface area contributed by atoms with Gasteiger partial charge in [0.15, 0.2) is 0 Å². The van der Waals surface area contributed by atoms with E-state index in [0.29, 0.717) is 4.77 Å². The van der Waals surface area contributed by atoms with Crippen molar-refractivity contribution in [1.82, 2.24) is 14.4 Å². The van der Waals surface area contributed by atoms with Crippen LogP contribution in [0.3, 0.4) is 0 Å². The number of H-pyrrole nitrogens is 1. The number of rotatable bonds is 2. The van der Waals surface area contributed by atoms with Crippen molar-refractivity contribution < 1.29 is 0 Å². The molecule has 4 rings (SSSR count). The van der Waals surface area contributed by atoms with Crippen LogP contribution in [-0.2, 0) is 0 Å². The molecule has 0 atom stereocenters. The number of hydrogen-bond donors (Lipinski definition) is 1. The zero-order chi connectivity index (χ0) is 16.7. The van der Waals surface area contributed by atoms with Crippen molar-refractivity contribution >= 4 is 17.9 Å². The predicted molar refractivity (Wildman–Crippen MR) is 101 cm³/mol. The summed E-state index contributed by atoms with van der Waals surface area (Å²) in [4.78, 5) is 7.93. The highest BCUT2D eigenvalue weighted by Gasteiger charge is 2.11. The maximum atomic E-state index is 5.42. The van der Waals surface area contributed by atoms with Crippen LogP contribution in [0, 0.1) is 18.6 Å². The highest BCUT2D eigenvalue weighted by molar-refractivity contribution is 7.71. The number of nitrogens with zero attached hydrogens (tertiary/aromatic N) is 2. The van der Waals surface area contributed by atoms with Gasteiger partial charge in [0, 0.05) is 23.5 Å². The lowest BCUT2D eigenvalue weighted by molar-refractivity contribution is 1.06. The van der Waals surface area contributed by atoms with Gasteiger partial charge in [-0.05, 0) is 43.3 Å². The van der Waals surface area contributed by atoms with E-state index in [9.17, 15) is 0 Å². The van der Waals surface area contributed by atoms with Crippen LogP contribution in [0.15, 0.2) is 60.9 Å². The number of aryl methyl sites for hydroxylation is 2. The van der Waals surface area contributed by atoms with Crippen LogP contribution in [0.2, 0.25) is 0 Å². The van der Waals surface area contributed by atoms with E-state index in [4.69, 9.17) is 12.2 Å². The van der Waals surface area contributed by atoms with Crippen molar-refractivity contribution in [1.29, 1.82) is 0 Å². The SMILES string of the molecule is Cc1ccc(C)c(-c2cn3c(=S)ncc(-c4ccccc4)c3[nH]2)c1. The summed E-state index contributed by atoms with van der Waals surface area (Å²) in [6, 6.07) is 16.7. The summed E-state index contributed by atoms with van der Waals surface area (Å²) < 4.78 is 2.51. The Kier molecular flexibility index (Phi) is 3.54. The van der Waals surface area contributed by atoms with Crippen LogP contribution in [0.5, 0.6) is 0 Å². The summed E-state index contributed by atoms with van der Waals surface area (Å²) in [6.07, 6.45) is 3.88. The van der Waals surface area contributed by atoms with Gasteiger partial charge in [-0.1, -0.05) is 48.0 Å². The molecule has 2 heterocycles. The Bertz CT molecular complexity index is 1090. The number of hydrogen-bond acceptors (Lipinski definition) is 2. The predicted octanol–water partition coefficient (Wildman–Crippen LogP) is 5.34. The molecule has 118 valence electrons. The normalized spacial score (nSPS) is 11.1. The first kappa shape index (κ1) is 14.8. The van der Waals surface area contributed by atoms with Gasteiger partial charge in [0.05, 0.1) is 5.69 Å². The zero-order valence-electron chi connectivity index (χ0n) is 13.6. The van der Waals surface area contributed by atoms with Crippen LogP contribution in [0.1, 0.15) is 11.1 Å². The number of fused-ring (bicyclic) bond motifs is 1. The average Bonchev–Trinajstić information content (AvgIpc) is 3.04. The van der Waals surface area contributed by atoms with Gasteiger partial charge in [0.25, 0.3) is 0 Å². The summed E-state index contributed by atoms with van der Waals surface area (Å²) in [5.41, 5.74) is 7.83. The molecule has 4 aromatic rings. The van der Waals surface area contributed by atoms with Crippen molar-refractivity contribution in [2.45, 2.75) is 13.8 Å². The van der Waals surface area contributed by atoms with Gasteiger partial charge < -0.3 is 4.98 Å². The Hall–Kier alpha value is -2.72. The van der Waals surface area contributed by atoms with Crippen LogP contribution in [-0.4, -0.2) is 14.4 Å². The van der Waals surface area contributed by atoms with Crippen molar-refractivity contribution in [3.05, 3.63) is 76.8 Å². The van der Waals surface area contributed by atoms with Gasteiger partial charge in [-0.3, -0.25) is 4.40 Å². The third-order valence-corrected chi connectivity index (χ3v) is 4.59. The first-order chi connectivity index (χ1) is 11.6. The molecule has 0 saturated carbocycles. The van der Waals surface area contributed by atoms with Gasteiger partial charge in [0.2, 0.25) is 4.77 Å². The molecule has 0 aliphatic heterocycles. The number of benzene rings is 2. The third kappa shape index (κ3) is 2.45. The monoisotopic (exact) mass is 331 g/mol. The van der Waals surface area contributed by atoms with E-state index in [2.05, 4.69) is 54.1 Å². The Labute approximate surface area is 145 Å². The number of nitrogens with one attached hydrogen (secondary N) is 1. The third-order valence-electron chi connectivity index (χ3n) is 4.29. The fraction of sp³-hybridized carbons (Fsp3) is 0.100. The Morgan fingerprint density at radius 2 is 1.79 bits per heavy atom. The minimum Gasteiger partial charge on any atom is -0.339 e. The molecule has 0 aliphatic rings. The molecule has 1 N–H and O–H groups in total. The number of imidazole rings is 1. The summed E-state index contributed by atoms with van der Waals surface area (Å²) in [5.74, 6) is 0. The average molecular weight is 331 g/mol. The van der Waals surface area contributed by atoms with Crippen molar-refractivity contribution in [2.75, 3.05) is 0 Å². The standard InChI is InChI=1S/C20H17N3S/c1-13-8-9-14(2)16(10-13)18-12-23-19(22-18)17(11-21-20(23)24)15-6-4-3-5-7-15/h3-12,22H,1-2H3. The Morgan fingerprint density at radius 1 is 1.00 bits per heavy atom. The molecule has 0 amide bonds. The zero-order valence-corrected chi connectivity index (χ0v) is 14.4. The number of aromatic nitrogens is 3. The molecular weight excluding hydrogens is 314 g/mol. The lowest BCUT2D eigenvalue weighted by Crippen LogP contribution is -1.92. The second-order valence-corrected chi connectivity index (χ2v) is 6.39. The quantitative estimate of drug-likeness (QED) is 0.503. The van der Waals surface area contributed by atoms with Crippen molar-refractivity contribution in [2.24, 2.45) is 0 Å². The van der Waals surface area contributed by atoms with Crippen LogP contribution in [0.25, 0.3) is 28.0 Å². The smallest absolute Gasteiger partial charge is 0.205 e. The largest absolute Gasteiger partial charge is 0.339 e. The fourth-order valence-corrected chi connectivity index (χ4v) is 3.19. The molecule has 2 aromatic carbocycles. The van der Waals surface area contributed by atoms with Gasteiger partial charge >= 0.3 is 0 Å². The molecule has 0 radical (unpaired) electrons. The van der Waals surface area contributed by atoms with Gasteiger partial charge in [-0.15, -0.1) is 0 Å². The highest BCUT2D eigenvalue weighted by Crippen LogP contribution is 2.28. The molecular formula is C20H17N3S. The Morgan fingerprint density at radius 3 is 2.58 bits per heavy atom. The molecule has 0 saturated heterocycles. The van der Waals surface area contributed by atoms with E-state index >= 15 is 0 Å². The molecule has 0 fully saturated rings. The van der Waals surface area contributed by atoms with E-state index in [1.54, 1.807) is 0 Å². The first-order valence-corrected chi connectivity index (χ1v) is 8.28. The van der Waals surface area contributed by atoms with Crippen LogP contribution < -0.4 is 0 Å². The van der Waals surface area contributed by atoms with Crippen LogP contribution in [0.4, 0.5) is 0 Å². The van der Waals surface area contributed by atoms with Crippen molar-refractivity contribution in [3.63, 3.8) is 0 Å². The van der Waals surface area contributed by atoms with Gasteiger partial charge in [-0.25, -0.2) is 4.98 Å². The summed E-state index contributed by atoms with van der Waals surface area (Å²) in [7, 11) is 0.